The Morgan fingerprint density at radius 3 is 2.55 bits per heavy atom. The lowest BCUT2D eigenvalue weighted by Crippen LogP contribution is -2.41. The summed E-state index contributed by atoms with van der Waals surface area (Å²) in [4.78, 5) is 38.6. The number of anilines is 1. The molecular weight excluding hydrogens is 396 g/mol. The average molecular weight is 415 g/mol. The maximum absolute atomic E-state index is 12.7. The van der Waals surface area contributed by atoms with E-state index < -0.39 is 11.8 Å². The van der Waals surface area contributed by atoms with Gasteiger partial charge in [0.15, 0.2) is 0 Å². The number of rotatable bonds is 4. The number of nitrogens with zero attached hydrogens (tertiary/aromatic N) is 2. The molecule has 1 fully saturated rings. The molecule has 2 aromatic rings. The highest BCUT2D eigenvalue weighted by Crippen LogP contribution is 2.18. The molecule has 0 aliphatic carbocycles. The van der Waals surface area contributed by atoms with Gasteiger partial charge in [0.25, 0.3) is 5.91 Å². The number of hydrazone groups is 1. The van der Waals surface area contributed by atoms with E-state index in [1.807, 2.05) is 0 Å². The molecule has 2 aromatic carbocycles. The van der Waals surface area contributed by atoms with Crippen molar-refractivity contribution in [2.24, 2.45) is 5.10 Å². The third kappa shape index (κ3) is 5.63. The Morgan fingerprint density at radius 1 is 1.03 bits per heavy atom. The third-order valence-electron chi connectivity index (χ3n) is 4.14. The summed E-state index contributed by atoms with van der Waals surface area (Å²) >= 11 is 5.87. The van der Waals surface area contributed by atoms with Crippen LogP contribution in [-0.2, 0) is 14.3 Å². The molecule has 8 nitrogen and oxygen atoms in total. The first kappa shape index (κ1) is 20.5. The zero-order chi connectivity index (χ0) is 20.6. The Kier molecular flexibility index (Phi) is 6.94. The second-order valence-electron chi connectivity index (χ2n) is 6.16. The highest BCUT2D eigenvalue weighted by atomic mass is 35.5. The minimum atomic E-state index is -0.961. The van der Waals surface area contributed by atoms with E-state index in [0.717, 1.165) is 0 Å². The van der Waals surface area contributed by atoms with Crippen LogP contribution in [0.25, 0.3) is 0 Å². The van der Waals surface area contributed by atoms with E-state index in [2.05, 4.69) is 15.8 Å². The maximum Gasteiger partial charge on any atom is 0.329 e. The molecule has 0 atom stereocenters. The molecule has 29 heavy (non-hydrogen) atoms. The van der Waals surface area contributed by atoms with Crippen molar-refractivity contribution in [1.82, 2.24) is 10.3 Å². The van der Waals surface area contributed by atoms with Crippen molar-refractivity contribution in [3.8, 4) is 0 Å². The summed E-state index contributed by atoms with van der Waals surface area (Å²) in [5, 5.41) is 6.73. The van der Waals surface area contributed by atoms with Gasteiger partial charge in [0.05, 0.1) is 30.7 Å². The summed E-state index contributed by atoms with van der Waals surface area (Å²) in [6.07, 6.45) is 1.37. The number of nitrogens with one attached hydrogen (secondary N) is 2. The van der Waals surface area contributed by atoms with Crippen LogP contribution in [0.15, 0.2) is 53.6 Å². The minimum absolute atomic E-state index is 0.233. The molecule has 3 rings (SSSR count). The highest BCUT2D eigenvalue weighted by Gasteiger charge is 2.22. The summed E-state index contributed by atoms with van der Waals surface area (Å²) in [6, 6.07) is 13.4. The molecule has 150 valence electrons. The molecule has 3 amide bonds. The van der Waals surface area contributed by atoms with Gasteiger partial charge in [-0.05, 0) is 29.8 Å². The summed E-state index contributed by atoms with van der Waals surface area (Å²) in [7, 11) is 0. The topological polar surface area (TPSA) is 100 Å². The van der Waals surface area contributed by atoms with Crippen molar-refractivity contribution in [2.45, 2.75) is 0 Å². The van der Waals surface area contributed by atoms with Gasteiger partial charge in [0.1, 0.15) is 0 Å². The zero-order valence-corrected chi connectivity index (χ0v) is 16.2. The van der Waals surface area contributed by atoms with Crippen molar-refractivity contribution in [2.75, 3.05) is 31.6 Å². The smallest absolute Gasteiger partial charge is 0.329 e. The Hall–Kier alpha value is -3.23. The molecular formula is C20H19ClN4O4. The van der Waals surface area contributed by atoms with Crippen LogP contribution in [0.2, 0.25) is 5.02 Å². The summed E-state index contributed by atoms with van der Waals surface area (Å²) < 4.78 is 5.25. The normalized spacial score (nSPS) is 13.9. The van der Waals surface area contributed by atoms with Gasteiger partial charge < -0.3 is 15.0 Å². The fraction of sp³-hybridized carbons (Fsp3) is 0.200. The highest BCUT2D eigenvalue weighted by molar-refractivity contribution is 6.40. The molecule has 0 saturated carbocycles. The Bertz CT molecular complexity index is 942. The van der Waals surface area contributed by atoms with E-state index in [-0.39, 0.29) is 11.6 Å². The molecule has 0 radical (unpaired) electrons. The molecule has 1 aliphatic rings. The van der Waals surface area contributed by atoms with Gasteiger partial charge in [0, 0.05) is 18.1 Å². The number of morpholine rings is 1. The van der Waals surface area contributed by atoms with Crippen LogP contribution in [0.3, 0.4) is 0 Å². The first-order valence-corrected chi connectivity index (χ1v) is 9.28. The van der Waals surface area contributed by atoms with E-state index in [1.165, 1.54) is 6.21 Å². The average Bonchev–Trinajstić information content (AvgIpc) is 2.74. The van der Waals surface area contributed by atoms with E-state index in [9.17, 15) is 14.4 Å². The molecule has 0 spiro atoms. The van der Waals surface area contributed by atoms with Crippen LogP contribution in [0.1, 0.15) is 15.9 Å². The van der Waals surface area contributed by atoms with Crippen molar-refractivity contribution >= 4 is 41.2 Å². The third-order valence-corrected chi connectivity index (χ3v) is 4.37. The number of hydrogen-bond donors (Lipinski definition) is 2. The van der Waals surface area contributed by atoms with Crippen molar-refractivity contribution < 1.29 is 19.1 Å². The van der Waals surface area contributed by atoms with Crippen LogP contribution < -0.4 is 10.7 Å². The molecule has 1 heterocycles. The Labute approximate surface area is 172 Å². The summed E-state index contributed by atoms with van der Waals surface area (Å²) in [5.41, 5.74) is 3.37. The zero-order valence-electron chi connectivity index (χ0n) is 15.4. The largest absolute Gasteiger partial charge is 0.378 e. The maximum atomic E-state index is 12.7. The van der Waals surface area contributed by atoms with E-state index in [4.69, 9.17) is 16.3 Å². The van der Waals surface area contributed by atoms with Gasteiger partial charge in [0.2, 0.25) is 0 Å². The molecule has 0 unspecified atom stereocenters. The van der Waals surface area contributed by atoms with Gasteiger partial charge >= 0.3 is 11.8 Å². The number of hydrogen-bond acceptors (Lipinski definition) is 5. The van der Waals surface area contributed by atoms with Gasteiger partial charge in [-0.15, -0.1) is 0 Å². The van der Waals surface area contributed by atoms with Gasteiger partial charge in [-0.2, -0.15) is 5.10 Å². The van der Waals surface area contributed by atoms with Crippen molar-refractivity contribution in [3.05, 3.63) is 64.7 Å². The molecule has 0 aromatic heterocycles. The SMILES string of the molecule is O=C(N/N=C/c1cccc(Cl)c1)C(=O)Nc1ccccc1C(=O)N1CCOCC1. The van der Waals surface area contributed by atoms with Crippen molar-refractivity contribution in [3.63, 3.8) is 0 Å². The fourth-order valence-corrected chi connectivity index (χ4v) is 2.90. The van der Waals surface area contributed by atoms with Crippen LogP contribution in [0.4, 0.5) is 5.69 Å². The van der Waals surface area contributed by atoms with Gasteiger partial charge in [-0.3, -0.25) is 14.4 Å². The Balaban J connectivity index is 1.62. The van der Waals surface area contributed by atoms with Crippen LogP contribution in [-0.4, -0.2) is 55.1 Å². The monoisotopic (exact) mass is 414 g/mol. The summed E-state index contributed by atoms with van der Waals surface area (Å²) in [6.45, 7) is 1.88. The number of para-hydroxylation sites is 1. The van der Waals surface area contributed by atoms with E-state index in [1.54, 1.807) is 53.4 Å². The second kappa shape index (κ2) is 9.81. The van der Waals surface area contributed by atoms with Crippen molar-refractivity contribution in [1.29, 1.82) is 0 Å². The quantitative estimate of drug-likeness (QED) is 0.453. The predicted octanol–water partition coefficient (Wildman–Crippen LogP) is 1.90. The number of amides is 3. The molecule has 1 aliphatic heterocycles. The lowest BCUT2D eigenvalue weighted by molar-refractivity contribution is -0.136. The fourth-order valence-electron chi connectivity index (χ4n) is 2.70. The molecule has 0 bridgehead atoms. The second-order valence-corrected chi connectivity index (χ2v) is 6.59. The molecule has 2 N–H and O–H groups in total. The van der Waals surface area contributed by atoms with E-state index >= 15 is 0 Å². The van der Waals surface area contributed by atoms with Crippen LogP contribution in [0.5, 0.6) is 0 Å². The first-order chi connectivity index (χ1) is 14.0. The molecule has 9 heteroatoms. The first-order valence-electron chi connectivity index (χ1n) is 8.90. The number of carbonyl (C=O) groups excluding carboxylic acids is 3. The summed E-state index contributed by atoms with van der Waals surface area (Å²) in [5.74, 6) is -2.13. The number of halogens is 1. The predicted molar refractivity (Wildman–Crippen MR) is 109 cm³/mol. The lowest BCUT2D eigenvalue weighted by atomic mass is 10.1. The Morgan fingerprint density at radius 2 is 1.79 bits per heavy atom. The minimum Gasteiger partial charge on any atom is -0.378 e. The molecule has 1 saturated heterocycles. The van der Waals surface area contributed by atoms with Crippen LogP contribution >= 0.6 is 11.6 Å². The number of benzene rings is 2. The van der Waals surface area contributed by atoms with Gasteiger partial charge in [-0.1, -0.05) is 35.9 Å². The van der Waals surface area contributed by atoms with Gasteiger partial charge in [-0.25, -0.2) is 5.43 Å². The van der Waals surface area contributed by atoms with E-state index in [0.29, 0.717) is 42.5 Å². The lowest BCUT2D eigenvalue weighted by Gasteiger charge is -2.27. The number of carbonyl (C=O) groups is 3. The standard InChI is InChI=1S/C20H19ClN4O4/c21-15-5-3-4-14(12-15)13-22-24-19(27)18(26)23-17-7-2-1-6-16(17)20(28)25-8-10-29-11-9-25/h1-7,12-13H,8-11H2,(H,23,26)(H,24,27)/b22-13+. The van der Waals surface area contributed by atoms with Crippen LogP contribution in [0, 0.1) is 0 Å². The number of ether oxygens (including phenoxy) is 1.